The van der Waals surface area contributed by atoms with E-state index in [1.807, 2.05) is 24.3 Å². The van der Waals surface area contributed by atoms with Crippen LogP contribution < -0.4 is 10.2 Å². The summed E-state index contributed by atoms with van der Waals surface area (Å²) in [6, 6.07) is 25.8. The highest BCUT2D eigenvalue weighted by Crippen LogP contribution is 2.48. The summed E-state index contributed by atoms with van der Waals surface area (Å²) in [5, 5.41) is 4.56. The highest BCUT2D eigenvalue weighted by molar-refractivity contribution is 6.30. The summed E-state index contributed by atoms with van der Waals surface area (Å²) < 4.78 is 33.6. The Bertz CT molecular complexity index is 1510. The van der Waals surface area contributed by atoms with Crippen molar-refractivity contribution >= 4 is 40.5 Å². The molecule has 0 spiro atoms. The van der Waals surface area contributed by atoms with Gasteiger partial charge in [-0.25, -0.2) is 13.6 Å². The topological polar surface area (TPSA) is 41.6 Å². The van der Waals surface area contributed by atoms with Crippen molar-refractivity contribution in [2.24, 2.45) is 0 Å². The van der Waals surface area contributed by atoms with Crippen molar-refractivity contribution in [2.75, 3.05) is 16.8 Å². The van der Waals surface area contributed by atoms with Crippen molar-refractivity contribution in [3.05, 3.63) is 141 Å². The maximum atomic E-state index is 14.1. The lowest BCUT2D eigenvalue weighted by molar-refractivity contribution is -0.139. The molecule has 0 bridgehead atoms. The van der Waals surface area contributed by atoms with Crippen LogP contribution >= 0.6 is 23.2 Å². The summed E-state index contributed by atoms with van der Waals surface area (Å²) in [7, 11) is 0. The van der Waals surface area contributed by atoms with Crippen molar-refractivity contribution < 1.29 is 18.3 Å². The Hall–Kier alpha value is -3.87. The van der Waals surface area contributed by atoms with Gasteiger partial charge in [0.1, 0.15) is 11.6 Å². The smallest absolute Gasteiger partial charge is 0.338 e. The predicted molar refractivity (Wildman–Crippen MR) is 156 cm³/mol. The van der Waals surface area contributed by atoms with Gasteiger partial charge in [0.05, 0.1) is 24.3 Å². The molecule has 1 aliphatic rings. The van der Waals surface area contributed by atoms with Crippen LogP contribution in [-0.4, -0.2) is 12.6 Å². The fourth-order valence-corrected chi connectivity index (χ4v) is 5.29. The van der Waals surface area contributed by atoms with Crippen LogP contribution in [0.5, 0.6) is 0 Å². The Labute approximate surface area is 241 Å². The SMILES string of the molecule is CCOC(=O)C1=C(Nc2ccc(Cl)cc2)CC(c2ccc(F)cc2)N(c2ccc(Cl)cc2)C1c1ccc(F)cc1. The molecule has 4 nitrogen and oxygen atoms in total. The maximum Gasteiger partial charge on any atom is 0.338 e. The second-order valence-corrected chi connectivity index (χ2v) is 10.2. The Morgan fingerprint density at radius 3 is 1.90 bits per heavy atom. The van der Waals surface area contributed by atoms with E-state index in [0.717, 1.165) is 16.9 Å². The van der Waals surface area contributed by atoms with Gasteiger partial charge >= 0.3 is 5.97 Å². The summed E-state index contributed by atoms with van der Waals surface area (Å²) in [5.41, 5.74) is 4.05. The van der Waals surface area contributed by atoms with E-state index in [4.69, 9.17) is 27.9 Å². The van der Waals surface area contributed by atoms with Gasteiger partial charge in [0.25, 0.3) is 0 Å². The van der Waals surface area contributed by atoms with E-state index >= 15 is 0 Å². The third kappa shape index (κ3) is 5.98. The first-order valence-electron chi connectivity index (χ1n) is 12.8. The number of nitrogens with one attached hydrogen (secondary N) is 1. The number of nitrogens with zero attached hydrogens (tertiary/aromatic N) is 1. The van der Waals surface area contributed by atoms with Crippen LogP contribution in [0.25, 0.3) is 0 Å². The Morgan fingerprint density at radius 2 is 1.35 bits per heavy atom. The van der Waals surface area contributed by atoms with Crippen LogP contribution in [-0.2, 0) is 9.53 Å². The molecule has 0 radical (unpaired) electrons. The van der Waals surface area contributed by atoms with Gasteiger partial charge < -0.3 is 15.0 Å². The quantitative estimate of drug-likeness (QED) is 0.222. The lowest BCUT2D eigenvalue weighted by atomic mass is 9.84. The van der Waals surface area contributed by atoms with Gasteiger partial charge in [-0.05, 0) is 90.8 Å². The lowest BCUT2D eigenvalue weighted by Crippen LogP contribution is -2.41. The number of benzene rings is 4. The second-order valence-electron chi connectivity index (χ2n) is 9.35. The van der Waals surface area contributed by atoms with Crippen molar-refractivity contribution in [1.29, 1.82) is 0 Å². The number of esters is 1. The van der Waals surface area contributed by atoms with E-state index < -0.39 is 17.8 Å². The number of carbonyl (C=O) groups excluding carboxylic acids is 1. The zero-order chi connectivity index (χ0) is 28.2. The van der Waals surface area contributed by atoms with Crippen LogP contribution in [0.3, 0.4) is 0 Å². The normalized spacial score (nSPS) is 17.1. The molecule has 0 amide bonds. The molecular formula is C32H26Cl2F2N2O2. The average Bonchev–Trinajstić information content (AvgIpc) is 2.95. The van der Waals surface area contributed by atoms with Crippen LogP contribution in [0, 0.1) is 11.6 Å². The standard InChI is InChI=1S/C32H26Cl2F2N2O2/c1-2-40-32(39)30-28(37-26-15-7-22(33)8-16-26)19-29(20-3-11-24(35)12-4-20)38(27-17-9-23(34)10-18-27)31(30)21-5-13-25(36)14-6-21/h3-18,29,31,37H,2,19H2,1H3. The number of hydrogen-bond donors (Lipinski definition) is 1. The van der Waals surface area contributed by atoms with Crippen LogP contribution in [0.4, 0.5) is 20.2 Å². The number of ether oxygens (including phenoxy) is 1. The summed E-state index contributed by atoms with van der Waals surface area (Å²) in [5.74, 6) is -1.24. The van der Waals surface area contributed by atoms with E-state index in [-0.39, 0.29) is 18.5 Å². The number of hydrogen-bond acceptors (Lipinski definition) is 4. The maximum absolute atomic E-state index is 14.1. The molecule has 1 aliphatic heterocycles. The number of halogens is 4. The van der Waals surface area contributed by atoms with Crippen molar-refractivity contribution in [3.8, 4) is 0 Å². The minimum absolute atomic E-state index is 0.176. The molecule has 0 saturated heterocycles. The molecule has 8 heteroatoms. The first kappa shape index (κ1) is 27.7. The van der Waals surface area contributed by atoms with Crippen LogP contribution in [0.15, 0.2) is 108 Å². The van der Waals surface area contributed by atoms with E-state index in [9.17, 15) is 13.6 Å². The number of carbonyl (C=O) groups is 1. The van der Waals surface area contributed by atoms with Gasteiger partial charge in [0.15, 0.2) is 0 Å². The Balaban J connectivity index is 1.77. The molecule has 5 rings (SSSR count). The highest BCUT2D eigenvalue weighted by Gasteiger charge is 2.41. The Morgan fingerprint density at radius 1 is 0.825 bits per heavy atom. The van der Waals surface area contributed by atoms with Crippen LogP contribution in [0.2, 0.25) is 10.0 Å². The van der Waals surface area contributed by atoms with Crippen molar-refractivity contribution in [3.63, 3.8) is 0 Å². The minimum Gasteiger partial charge on any atom is -0.463 e. The summed E-state index contributed by atoms with van der Waals surface area (Å²) in [6.07, 6.45) is 0.364. The molecule has 1 heterocycles. The zero-order valence-electron chi connectivity index (χ0n) is 21.6. The largest absolute Gasteiger partial charge is 0.463 e. The first-order chi connectivity index (χ1) is 19.3. The van der Waals surface area contributed by atoms with Gasteiger partial charge in [-0.1, -0.05) is 47.5 Å². The van der Waals surface area contributed by atoms with Gasteiger partial charge in [-0.15, -0.1) is 0 Å². The molecule has 0 saturated carbocycles. The molecule has 40 heavy (non-hydrogen) atoms. The monoisotopic (exact) mass is 578 g/mol. The third-order valence-corrected chi connectivity index (χ3v) is 7.31. The van der Waals surface area contributed by atoms with E-state index in [1.54, 1.807) is 55.5 Å². The van der Waals surface area contributed by atoms with Gasteiger partial charge in [-0.2, -0.15) is 0 Å². The van der Waals surface area contributed by atoms with Crippen LogP contribution in [0.1, 0.15) is 36.6 Å². The first-order valence-corrected chi connectivity index (χ1v) is 13.6. The van der Waals surface area contributed by atoms with Crippen molar-refractivity contribution in [2.45, 2.75) is 25.4 Å². The molecule has 4 aromatic carbocycles. The molecule has 1 N–H and O–H groups in total. The van der Waals surface area contributed by atoms with E-state index in [0.29, 0.717) is 33.3 Å². The number of rotatable bonds is 7. The molecule has 0 aliphatic carbocycles. The fourth-order valence-electron chi connectivity index (χ4n) is 5.03. The predicted octanol–water partition coefficient (Wildman–Crippen LogP) is 8.89. The van der Waals surface area contributed by atoms with Gasteiger partial charge in [-0.3, -0.25) is 0 Å². The molecular weight excluding hydrogens is 553 g/mol. The highest BCUT2D eigenvalue weighted by atomic mass is 35.5. The second kappa shape index (κ2) is 12.1. The molecule has 204 valence electrons. The Kier molecular flexibility index (Phi) is 8.38. The fraction of sp³-hybridized carbons (Fsp3) is 0.156. The third-order valence-electron chi connectivity index (χ3n) is 6.81. The summed E-state index contributed by atoms with van der Waals surface area (Å²) in [4.78, 5) is 15.8. The molecule has 0 aromatic heterocycles. The zero-order valence-corrected chi connectivity index (χ0v) is 23.1. The minimum atomic E-state index is -0.681. The van der Waals surface area contributed by atoms with E-state index in [1.165, 1.54) is 24.3 Å². The average molecular weight is 579 g/mol. The molecule has 4 aromatic rings. The summed E-state index contributed by atoms with van der Waals surface area (Å²) >= 11 is 12.3. The van der Waals surface area contributed by atoms with Crippen molar-refractivity contribution in [1.82, 2.24) is 0 Å². The molecule has 2 unspecified atom stereocenters. The van der Waals surface area contributed by atoms with E-state index in [2.05, 4.69) is 10.2 Å². The lowest BCUT2D eigenvalue weighted by Gasteiger charge is -2.46. The molecule has 0 fully saturated rings. The van der Waals surface area contributed by atoms with Gasteiger partial charge in [0.2, 0.25) is 0 Å². The number of anilines is 2. The van der Waals surface area contributed by atoms with Gasteiger partial charge in [0, 0.05) is 33.5 Å². The molecule has 2 atom stereocenters. The summed E-state index contributed by atoms with van der Waals surface area (Å²) in [6.45, 7) is 1.92.